The fourth-order valence-electron chi connectivity index (χ4n) is 1.30. The van der Waals surface area contributed by atoms with E-state index < -0.39 is 42.8 Å². The molecule has 0 aliphatic carbocycles. The molecule has 102 valence electrons. The molecule has 0 spiro atoms. The van der Waals surface area contributed by atoms with Gasteiger partial charge in [0, 0.05) is 0 Å². The van der Waals surface area contributed by atoms with E-state index in [2.05, 4.69) is 4.74 Å². The lowest BCUT2D eigenvalue weighted by Gasteiger charge is -2.39. The molecule has 0 radical (unpaired) electrons. The van der Waals surface area contributed by atoms with E-state index in [4.69, 9.17) is 0 Å². The molecule has 0 unspecified atom stereocenters. The molecule has 18 heavy (non-hydrogen) atoms. The Kier molecular flexibility index (Phi) is 3.54. The Morgan fingerprint density at radius 3 is 2.50 bits per heavy atom. The van der Waals surface area contributed by atoms with Gasteiger partial charge in [0.2, 0.25) is 5.91 Å². The van der Waals surface area contributed by atoms with Gasteiger partial charge in [-0.05, 0) is 13.8 Å². The summed E-state index contributed by atoms with van der Waals surface area (Å²) in [5, 5.41) is 1.98. The first-order valence-corrected chi connectivity index (χ1v) is 4.89. The van der Waals surface area contributed by atoms with Gasteiger partial charge in [0.25, 0.3) is 5.91 Å². The monoisotopic (exact) mass is 268 g/mol. The highest BCUT2D eigenvalue weighted by Gasteiger charge is 2.45. The Hall–Kier alpha value is -1.80. The highest BCUT2D eigenvalue weighted by atomic mass is 19.4. The Labute approximate surface area is 100 Å². The third-order valence-electron chi connectivity index (χ3n) is 2.36. The molecule has 1 N–H and O–H groups in total. The Morgan fingerprint density at radius 2 is 2.00 bits per heavy atom. The molecule has 0 atom stereocenters. The second-order valence-electron chi connectivity index (χ2n) is 4.19. The molecule has 1 aliphatic rings. The van der Waals surface area contributed by atoms with Gasteiger partial charge < -0.3 is 4.74 Å². The predicted molar refractivity (Wildman–Crippen MR) is 51.3 cm³/mol. The minimum absolute atomic E-state index is 0.532. The maximum atomic E-state index is 11.9. The Bertz CT molecular complexity index is 392. The number of ether oxygens (including phenoxy) is 1. The number of amides is 3. The number of halogens is 3. The zero-order valence-corrected chi connectivity index (χ0v) is 9.63. The SMILES string of the molecule is CC1(C)C(=O)NC(=O)CN1C(=O)OCC(F)(F)F. The lowest BCUT2D eigenvalue weighted by molar-refractivity contribution is -0.165. The molecule has 0 aromatic carbocycles. The van der Waals surface area contributed by atoms with Crippen molar-refractivity contribution >= 4 is 17.9 Å². The number of carbonyl (C=O) groups excluding carboxylic acids is 3. The van der Waals surface area contributed by atoms with E-state index in [0.717, 1.165) is 0 Å². The normalized spacial score (nSPS) is 19.5. The van der Waals surface area contributed by atoms with Crippen LogP contribution in [0.15, 0.2) is 0 Å². The number of hydrogen-bond donors (Lipinski definition) is 1. The first-order chi connectivity index (χ1) is 8.04. The van der Waals surface area contributed by atoms with Crippen LogP contribution in [0.25, 0.3) is 0 Å². The summed E-state index contributed by atoms with van der Waals surface area (Å²) in [5.41, 5.74) is -1.45. The lowest BCUT2D eigenvalue weighted by Crippen LogP contribution is -2.65. The van der Waals surface area contributed by atoms with Crippen molar-refractivity contribution in [3.05, 3.63) is 0 Å². The summed E-state index contributed by atoms with van der Waals surface area (Å²) in [7, 11) is 0. The van der Waals surface area contributed by atoms with Crippen LogP contribution in [0.3, 0.4) is 0 Å². The van der Waals surface area contributed by atoms with Crippen LogP contribution < -0.4 is 5.32 Å². The van der Waals surface area contributed by atoms with Crippen molar-refractivity contribution in [2.45, 2.75) is 25.6 Å². The Morgan fingerprint density at radius 1 is 1.44 bits per heavy atom. The number of nitrogens with one attached hydrogen (secondary N) is 1. The number of rotatable bonds is 1. The van der Waals surface area contributed by atoms with Gasteiger partial charge in [-0.3, -0.25) is 19.8 Å². The third-order valence-corrected chi connectivity index (χ3v) is 2.36. The van der Waals surface area contributed by atoms with Crippen LogP contribution in [-0.2, 0) is 14.3 Å². The van der Waals surface area contributed by atoms with Crippen LogP contribution in [0.5, 0.6) is 0 Å². The van der Waals surface area contributed by atoms with Crippen molar-refractivity contribution < 1.29 is 32.3 Å². The highest BCUT2D eigenvalue weighted by Crippen LogP contribution is 2.21. The largest absolute Gasteiger partial charge is 0.440 e. The van der Waals surface area contributed by atoms with Gasteiger partial charge in [-0.25, -0.2) is 4.79 Å². The van der Waals surface area contributed by atoms with E-state index in [1.807, 2.05) is 5.32 Å². The average molecular weight is 268 g/mol. The second kappa shape index (κ2) is 4.46. The van der Waals surface area contributed by atoms with Gasteiger partial charge in [0.15, 0.2) is 6.61 Å². The number of imide groups is 1. The van der Waals surface area contributed by atoms with Gasteiger partial charge in [0.1, 0.15) is 12.1 Å². The van der Waals surface area contributed by atoms with Crippen molar-refractivity contribution in [1.82, 2.24) is 10.2 Å². The molecule has 1 heterocycles. The van der Waals surface area contributed by atoms with Crippen molar-refractivity contribution in [3.63, 3.8) is 0 Å². The van der Waals surface area contributed by atoms with Crippen LogP contribution in [0.2, 0.25) is 0 Å². The van der Waals surface area contributed by atoms with Crippen LogP contribution in [0.4, 0.5) is 18.0 Å². The molecule has 9 heteroatoms. The van der Waals surface area contributed by atoms with Gasteiger partial charge in [0.05, 0.1) is 0 Å². The van der Waals surface area contributed by atoms with Crippen molar-refractivity contribution in [2.24, 2.45) is 0 Å². The molecule has 0 aromatic rings. The molecule has 1 rings (SSSR count). The van der Waals surface area contributed by atoms with E-state index in [1.54, 1.807) is 0 Å². The smallest absolute Gasteiger partial charge is 0.422 e. The second-order valence-corrected chi connectivity index (χ2v) is 4.19. The first kappa shape index (κ1) is 14.3. The molecular formula is C9H11F3N2O4. The van der Waals surface area contributed by atoms with Crippen LogP contribution in [0, 0.1) is 0 Å². The number of nitrogens with zero attached hydrogens (tertiary/aromatic N) is 1. The number of carbonyl (C=O) groups is 3. The van der Waals surface area contributed by atoms with Crippen LogP contribution in [0.1, 0.15) is 13.8 Å². The zero-order chi connectivity index (χ0) is 14.1. The predicted octanol–water partition coefficient (Wildman–Crippen LogP) is 0.422. The quantitative estimate of drug-likeness (QED) is 0.699. The molecular weight excluding hydrogens is 257 g/mol. The maximum absolute atomic E-state index is 11.9. The molecule has 1 fully saturated rings. The number of alkyl halides is 3. The minimum Gasteiger partial charge on any atom is -0.440 e. The topological polar surface area (TPSA) is 75.7 Å². The summed E-state index contributed by atoms with van der Waals surface area (Å²) >= 11 is 0. The fourth-order valence-corrected chi connectivity index (χ4v) is 1.30. The summed E-state index contributed by atoms with van der Waals surface area (Å²) in [5.74, 6) is -1.55. The summed E-state index contributed by atoms with van der Waals surface area (Å²) in [6.45, 7) is 0.289. The van der Waals surface area contributed by atoms with Crippen molar-refractivity contribution in [3.8, 4) is 0 Å². The van der Waals surface area contributed by atoms with Gasteiger partial charge in [-0.1, -0.05) is 0 Å². The van der Waals surface area contributed by atoms with Crippen molar-refractivity contribution in [2.75, 3.05) is 13.2 Å². The number of hydrogen-bond acceptors (Lipinski definition) is 4. The average Bonchev–Trinajstić information content (AvgIpc) is 2.19. The van der Waals surface area contributed by atoms with Crippen LogP contribution >= 0.6 is 0 Å². The van der Waals surface area contributed by atoms with E-state index in [1.165, 1.54) is 13.8 Å². The van der Waals surface area contributed by atoms with Crippen molar-refractivity contribution in [1.29, 1.82) is 0 Å². The van der Waals surface area contributed by atoms with E-state index in [-0.39, 0.29) is 0 Å². The fraction of sp³-hybridized carbons (Fsp3) is 0.667. The summed E-state index contributed by atoms with van der Waals surface area (Å²) in [4.78, 5) is 34.6. The van der Waals surface area contributed by atoms with Gasteiger partial charge >= 0.3 is 12.3 Å². The minimum atomic E-state index is -4.66. The summed E-state index contributed by atoms with van der Waals surface area (Å²) in [6, 6.07) is 0. The van der Waals surface area contributed by atoms with E-state index in [0.29, 0.717) is 4.90 Å². The summed E-state index contributed by atoms with van der Waals surface area (Å²) in [6.07, 6.45) is -6.03. The molecule has 1 saturated heterocycles. The molecule has 1 aliphatic heterocycles. The Balaban J connectivity index is 2.76. The third kappa shape index (κ3) is 3.11. The standard InChI is InChI=1S/C9H11F3N2O4/c1-8(2)6(16)13-5(15)3-14(8)7(17)18-4-9(10,11)12/h3-4H2,1-2H3,(H,13,15,16). The molecule has 0 bridgehead atoms. The summed E-state index contributed by atoms with van der Waals surface area (Å²) < 4.78 is 39.7. The molecule has 0 aromatic heterocycles. The van der Waals surface area contributed by atoms with Gasteiger partial charge in [-0.2, -0.15) is 13.2 Å². The van der Waals surface area contributed by atoms with E-state index in [9.17, 15) is 27.6 Å². The van der Waals surface area contributed by atoms with Crippen LogP contribution in [-0.4, -0.2) is 47.7 Å². The number of piperazine rings is 1. The molecule has 6 nitrogen and oxygen atoms in total. The first-order valence-electron chi connectivity index (χ1n) is 4.89. The lowest BCUT2D eigenvalue weighted by atomic mass is 9.99. The van der Waals surface area contributed by atoms with E-state index >= 15 is 0 Å². The molecule has 0 saturated carbocycles. The maximum Gasteiger partial charge on any atom is 0.422 e. The molecule has 3 amide bonds. The van der Waals surface area contributed by atoms with Gasteiger partial charge in [-0.15, -0.1) is 0 Å². The highest BCUT2D eigenvalue weighted by molar-refractivity contribution is 6.05. The zero-order valence-electron chi connectivity index (χ0n) is 9.63.